The fourth-order valence-corrected chi connectivity index (χ4v) is 9.92. The molecule has 3 fully saturated rings. The van der Waals surface area contributed by atoms with E-state index >= 15 is 0 Å². The van der Waals surface area contributed by atoms with Crippen molar-refractivity contribution in [1.82, 2.24) is 34.1 Å². The van der Waals surface area contributed by atoms with Crippen LogP contribution in [0.15, 0.2) is 46.1 Å². The van der Waals surface area contributed by atoms with Crippen molar-refractivity contribution in [1.29, 1.82) is 0 Å². The fraction of sp³-hybridized carbons (Fsp3) is 0.522. The van der Waals surface area contributed by atoms with Gasteiger partial charge >= 0.3 is 6.03 Å². The molecule has 15 nitrogen and oxygen atoms in total. The number of anilines is 1. The molecule has 61 heavy (non-hydrogen) atoms. The lowest BCUT2D eigenvalue weighted by atomic mass is 9.91. The predicted molar refractivity (Wildman–Crippen MR) is 234 cm³/mol. The summed E-state index contributed by atoms with van der Waals surface area (Å²) in [5.74, 6) is 2.39. The van der Waals surface area contributed by atoms with E-state index in [-0.39, 0.29) is 41.7 Å². The van der Waals surface area contributed by atoms with Crippen molar-refractivity contribution < 1.29 is 23.9 Å². The standard InChI is InChI=1S/C46H58N8O7/c1-29-48-39-8-6-32(24-35(39)45(58)54(29)40-9-7-33(55)25-41(40)56)52-20-18-50(19-21-52)14-10-30-11-15-51(16-12-30)27-38-42(60-4)22-31(23-43(38)61-5)36-26-49(3)44(57)37-28-53(46(59)47-2)17-13-34(36)37/h6,8,22-24,26,30,40H,7,9-21,25,27-28H2,1-5H3,(H,47,59). The SMILES string of the molecule is CNC(=O)N1CCc2c(-c3cc(OC)c(CN4CCC(CCN5CCN(c6ccc7nc(C)n(C8CCC(=O)CC8=O)c(=O)c7c6)CC5)CC4)c(OC)c3)cn(C)c(=O)c2C1. The van der Waals surface area contributed by atoms with Crippen LogP contribution in [0.2, 0.25) is 0 Å². The molecule has 1 saturated carbocycles. The number of carbonyl (C=O) groups excluding carboxylic acids is 3. The Kier molecular flexibility index (Phi) is 12.3. The van der Waals surface area contributed by atoms with Gasteiger partial charge in [-0.2, -0.15) is 0 Å². The zero-order valence-corrected chi connectivity index (χ0v) is 36.1. The van der Waals surface area contributed by atoms with Crippen LogP contribution in [0, 0.1) is 12.8 Å². The van der Waals surface area contributed by atoms with Crippen LogP contribution in [0.25, 0.3) is 22.0 Å². The number of ketones is 2. The van der Waals surface area contributed by atoms with Gasteiger partial charge in [0.1, 0.15) is 23.1 Å². The van der Waals surface area contributed by atoms with E-state index in [1.54, 1.807) is 44.7 Å². The zero-order valence-electron chi connectivity index (χ0n) is 36.1. The molecule has 1 aliphatic carbocycles. The Balaban J connectivity index is 0.857. The predicted octanol–water partition coefficient (Wildman–Crippen LogP) is 4.07. The number of aromatic nitrogens is 3. The molecule has 4 aromatic rings. The van der Waals surface area contributed by atoms with Gasteiger partial charge in [0, 0.05) is 82.8 Å². The molecule has 1 N–H and O–H groups in total. The van der Waals surface area contributed by atoms with E-state index in [9.17, 15) is 24.0 Å². The van der Waals surface area contributed by atoms with Crippen molar-refractivity contribution in [3.63, 3.8) is 0 Å². The van der Waals surface area contributed by atoms with Gasteiger partial charge in [0.05, 0.1) is 49.7 Å². The second-order valence-corrected chi connectivity index (χ2v) is 17.1. The number of hydrogen-bond donors (Lipinski definition) is 1. The van der Waals surface area contributed by atoms with Crippen LogP contribution in [0.5, 0.6) is 11.5 Å². The zero-order chi connectivity index (χ0) is 42.9. The van der Waals surface area contributed by atoms with Crippen molar-refractivity contribution in [2.45, 2.75) is 71.0 Å². The molecule has 0 bridgehead atoms. The monoisotopic (exact) mass is 834 g/mol. The number of piperidine rings is 1. The van der Waals surface area contributed by atoms with Crippen LogP contribution in [-0.4, -0.2) is 120 Å². The summed E-state index contributed by atoms with van der Waals surface area (Å²) in [5.41, 5.74) is 5.78. The number of rotatable bonds is 10. The summed E-state index contributed by atoms with van der Waals surface area (Å²) < 4.78 is 15.1. The minimum absolute atomic E-state index is 0.0654. The molecular weight excluding hydrogens is 777 g/mol. The largest absolute Gasteiger partial charge is 0.496 e. The van der Waals surface area contributed by atoms with E-state index < -0.39 is 6.04 Å². The van der Waals surface area contributed by atoms with Gasteiger partial charge in [-0.1, -0.05) is 0 Å². The molecule has 1 unspecified atom stereocenters. The maximum Gasteiger partial charge on any atom is 0.317 e. The highest BCUT2D eigenvalue weighted by Crippen LogP contribution is 2.39. The molecule has 8 rings (SSSR count). The summed E-state index contributed by atoms with van der Waals surface area (Å²) in [6.45, 7) is 9.94. The Hall–Kier alpha value is -5.54. The highest BCUT2D eigenvalue weighted by atomic mass is 16.5. The van der Waals surface area contributed by atoms with Gasteiger partial charge in [-0.15, -0.1) is 0 Å². The summed E-state index contributed by atoms with van der Waals surface area (Å²) in [6, 6.07) is 9.14. The average Bonchev–Trinajstić information content (AvgIpc) is 3.27. The molecule has 2 amide bonds. The van der Waals surface area contributed by atoms with Crippen molar-refractivity contribution in [3.05, 3.63) is 79.8 Å². The second kappa shape index (κ2) is 17.8. The van der Waals surface area contributed by atoms with Crippen molar-refractivity contribution in [2.24, 2.45) is 13.0 Å². The van der Waals surface area contributed by atoms with Gasteiger partial charge in [0.15, 0.2) is 5.78 Å². The number of piperazine rings is 1. The molecule has 4 aliphatic rings. The number of amides is 2. The molecule has 5 heterocycles. The molecule has 3 aliphatic heterocycles. The Labute approximate surface area is 356 Å². The number of nitrogens with zero attached hydrogens (tertiary/aromatic N) is 7. The number of carbonyl (C=O) groups is 3. The highest BCUT2D eigenvalue weighted by molar-refractivity contribution is 6.03. The van der Waals surface area contributed by atoms with E-state index in [1.165, 1.54) is 4.57 Å². The molecule has 2 saturated heterocycles. The first-order valence-electron chi connectivity index (χ1n) is 21.7. The Bertz CT molecular complexity index is 2440. The number of benzene rings is 2. The third kappa shape index (κ3) is 8.54. The van der Waals surface area contributed by atoms with Gasteiger partial charge < -0.3 is 29.2 Å². The van der Waals surface area contributed by atoms with E-state index in [0.29, 0.717) is 60.6 Å². The summed E-state index contributed by atoms with van der Waals surface area (Å²) in [7, 11) is 6.74. The minimum atomic E-state index is -0.634. The van der Waals surface area contributed by atoms with Gasteiger partial charge in [-0.25, -0.2) is 9.78 Å². The van der Waals surface area contributed by atoms with Crippen LogP contribution in [0.4, 0.5) is 10.5 Å². The number of ether oxygens (including phenoxy) is 2. The van der Waals surface area contributed by atoms with Crippen LogP contribution in [0.1, 0.15) is 67.1 Å². The average molecular weight is 835 g/mol. The highest BCUT2D eigenvalue weighted by Gasteiger charge is 2.32. The number of Topliss-reactive ketones (excluding diaryl/α,β-unsaturated/α-hetero) is 2. The maximum absolute atomic E-state index is 13.7. The van der Waals surface area contributed by atoms with E-state index in [0.717, 1.165) is 105 Å². The lowest BCUT2D eigenvalue weighted by molar-refractivity contribution is -0.132. The summed E-state index contributed by atoms with van der Waals surface area (Å²) in [6.07, 6.45) is 6.41. The number of urea groups is 1. The summed E-state index contributed by atoms with van der Waals surface area (Å²) in [5, 5.41) is 3.18. The number of hydrogen-bond acceptors (Lipinski definition) is 11. The normalized spacial score (nSPS) is 19.3. The third-order valence-corrected chi connectivity index (χ3v) is 13.5. The quantitative estimate of drug-likeness (QED) is 0.231. The van der Waals surface area contributed by atoms with E-state index in [1.807, 2.05) is 24.4 Å². The molecule has 1 atom stereocenters. The second-order valence-electron chi connectivity index (χ2n) is 17.1. The number of pyridine rings is 1. The van der Waals surface area contributed by atoms with Crippen LogP contribution < -0.4 is 30.8 Å². The first kappa shape index (κ1) is 42.2. The third-order valence-electron chi connectivity index (χ3n) is 13.5. The number of methoxy groups -OCH3 is 2. The topological polar surface area (TPSA) is 152 Å². The molecule has 2 aromatic heterocycles. The van der Waals surface area contributed by atoms with Crippen molar-refractivity contribution in [2.75, 3.05) is 78.5 Å². The van der Waals surface area contributed by atoms with Crippen LogP contribution >= 0.6 is 0 Å². The first-order valence-corrected chi connectivity index (χ1v) is 21.7. The van der Waals surface area contributed by atoms with Gasteiger partial charge in [0.2, 0.25) is 0 Å². The lowest BCUT2D eigenvalue weighted by Gasteiger charge is -2.38. The fourth-order valence-electron chi connectivity index (χ4n) is 9.92. The van der Waals surface area contributed by atoms with E-state index in [4.69, 9.17) is 9.47 Å². The van der Waals surface area contributed by atoms with Gasteiger partial charge in [-0.05, 0) is 106 Å². The lowest BCUT2D eigenvalue weighted by Crippen LogP contribution is -2.47. The number of aryl methyl sites for hydroxylation is 2. The summed E-state index contributed by atoms with van der Waals surface area (Å²) >= 11 is 0. The van der Waals surface area contributed by atoms with Crippen LogP contribution in [-0.2, 0) is 36.1 Å². The summed E-state index contributed by atoms with van der Waals surface area (Å²) in [4.78, 5) is 77.7. The molecule has 0 spiro atoms. The molecule has 0 radical (unpaired) electrons. The van der Waals surface area contributed by atoms with Crippen molar-refractivity contribution >= 4 is 34.2 Å². The Morgan fingerprint density at radius 2 is 1.57 bits per heavy atom. The number of nitrogens with one attached hydrogen (secondary N) is 1. The smallest absolute Gasteiger partial charge is 0.317 e. The number of likely N-dealkylation sites (tertiary alicyclic amines) is 1. The Morgan fingerprint density at radius 1 is 0.852 bits per heavy atom. The number of fused-ring (bicyclic) bond motifs is 2. The minimum Gasteiger partial charge on any atom is -0.496 e. The maximum atomic E-state index is 13.7. The molecular formula is C46H58N8O7. The first-order chi connectivity index (χ1) is 29.5. The van der Waals surface area contributed by atoms with Crippen molar-refractivity contribution in [3.8, 4) is 22.6 Å². The van der Waals surface area contributed by atoms with E-state index in [2.05, 4.69) is 37.1 Å². The molecule has 15 heteroatoms. The Morgan fingerprint density at radius 3 is 2.25 bits per heavy atom. The van der Waals surface area contributed by atoms with Crippen LogP contribution in [0.3, 0.4) is 0 Å². The molecule has 2 aromatic carbocycles. The molecule has 324 valence electrons. The van der Waals surface area contributed by atoms with Gasteiger partial charge in [0.25, 0.3) is 11.1 Å². The van der Waals surface area contributed by atoms with Gasteiger partial charge in [-0.3, -0.25) is 33.5 Å².